The van der Waals surface area contributed by atoms with Crippen molar-refractivity contribution in [3.63, 3.8) is 0 Å². The van der Waals surface area contributed by atoms with E-state index in [0.717, 1.165) is 13.2 Å². The lowest BCUT2D eigenvalue weighted by Crippen LogP contribution is -2.31. The zero-order valence-corrected chi connectivity index (χ0v) is 15.8. The Hall–Kier alpha value is -3.67. The quantitative estimate of drug-likeness (QED) is 0.383. The Kier molecular flexibility index (Phi) is 7.09. The van der Waals surface area contributed by atoms with Crippen LogP contribution in [-0.2, 0) is 26.1 Å². The number of esters is 1. The van der Waals surface area contributed by atoms with Crippen LogP contribution in [0.15, 0.2) is 47.4 Å². The summed E-state index contributed by atoms with van der Waals surface area (Å²) >= 11 is 0. The number of nitrogens with zero attached hydrogens (tertiary/aromatic N) is 2. The van der Waals surface area contributed by atoms with E-state index in [4.69, 9.17) is 0 Å². The van der Waals surface area contributed by atoms with Gasteiger partial charge in [0.25, 0.3) is 17.3 Å². The Morgan fingerprint density at radius 3 is 2.31 bits per heavy atom. The molecule has 0 aromatic heterocycles. The lowest BCUT2D eigenvalue weighted by molar-refractivity contribution is -0.394. The van der Waals surface area contributed by atoms with Crippen molar-refractivity contribution in [2.75, 3.05) is 13.7 Å². The largest absolute Gasteiger partial charge is 0.468 e. The number of nitro benzene ring substituents is 2. The molecule has 152 valence electrons. The topological polar surface area (TPSA) is 159 Å². The Labute approximate surface area is 166 Å². The van der Waals surface area contributed by atoms with Crippen molar-refractivity contribution in [3.05, 3.63) is 73.8 Å². The second-order valence-electron chi connectivity index (χ2n) is 5.59. The number of carbonyl (C=O) groups excluding carboxylic acids is 2. The molecule has 0 saturated heterocycles. The van der Waals surface area contributed by atoms with Crippen LogP contribution in [0.5, 0.6) is 0 Å². The molecule has 1 N–H and O–H groups in total. The molecule has 12 heteroatoms. The van der Waals surface area contributed by atoms with Crippen molar-refractivity contribution < 1.29 is 28.4 Å². The van der Waals surface area contributed by atoms with Crippen molar-refractivity contribution in [3.8, 4) is 0 Å². The summed E-state index contributed by atoms with van der Waals surface area (Å²) in [6.07, 6.45) is 0. The maximum Gasteiger partial charge on any atom is 0.325 e. The predicted octanol–water partition coefficient (Wildman–Crippen LogP) is 1.71. The zero-order valence-electron chi connectivity index (χ0n) is 15.0. The van der Waals surface area contributed by atoms with Gasteiger partial charge in [-0.3, -0.25) is 34.0 Å². The fourth-order valence-electron chi connectivity index (χ4n) is 2.36. The third kappa shape index (κ3) is 5.42. The number of benzene rings is 2. The lowest BCUT2D eigenvalue weighted by Gasteiger charge is -2.11. The van der Waals surface area contributed by atoms with Crippen molar-refractivity contribution >= 4 is 34.1 Å². The molecule has 0 spiro atoms. The molecule has 29 heavy (non-hydrogen) atoms. The van der Waals surface area contributed by atoms with Gasteiger partial charge < -0.3 is 10.1 Å². The van der Waals surface area contributed by atoms with E-state index < -0.39 is 56.0 Å². The molecule has 2 aromatic carbocycles. The fourth-order valence-corrected chi connectivity index (χ4v) is 3.69. The molecular formula is C17H15N3O8S. The molecule has 0 heterocycles. The number of ether oxygens (including phenoxy) is 1. The van der Waals surface area contributed by atoms with Gasteiger partial charge in [-0.15, -0.1) is 0 Å². The monoisotopic (exact) mass is 421 g/mol. The first-order valence-corrected chi connectivity index (χ1v) is 9.30. The van der Waals surface area contributed by atoms with Crippen LogP contribution in [0.3, 0.4) is 0 Å². The Morgan fingerprint density at radius 2 is 1.76 bits per heavy atom. The van der Waals surface area contributed by atoms with Crippen LogP contribution in [0.2, 0.25) is 0 Å². The normalized spacial score (nSPS) is 11.3. The van der Waals surface area contributed by atoms with Gasteiger partial charge in [0, 0.05) is 6.07 Å². The van der Waals surface area contributed by atoms with Gasteiger partial charge in [0.2, 0.25) is 0 Å². The first-order valence-electron chi connectivity index (χ1n) is 7.98. The number of hydrogen-bond acceptors (Lipinski definition) is 8. The number of non-ortho nitro benzene ring substituents is 1. The van der Waals surface area contributed by atoms with Gasteiger partial charge in [-0.25, -0.2) is 0 Å². The number of amides is 1. The van der Waals surface area contributed by atoms with Crippen LogP contribution in [-0.4, -0.2) is 39.6 Å². The van der Waals surface area contributed by atoms with Crippen molar-refractivity contribution in [2.45, 2.75) is 10.6 Å². The maximum atomic E-state index is 12.9. The van der Waals surface area contributed by atoms with Gasteiger partial charge in [-0.05, 0) is 5.56 Å². The summed E-state index contributed by atoms with van der Waals surface area (Å²) in [6.45, 7) is -0.589. The third-order valence-electron chi connectivity index (χ3n) is 3.71. The number of rotatable bonds is 8. The Balaban J connectivity index is 2.56. The molecule has 2 rings (SSSR count). The van der Waals surface area contributed by atoms with Gasteiger partial charge in [0.15, 0.2) is 0 Å². The van der Waals surface area contributed by atoms with Gasteiger partial charge in [0.05, 0.1) is 44.5 Å². The smallest absolute Gasteiger partial charge is 0.325 e. The first kappa shape index (κ1) is 21.6. The summed E-state index contributed by atoms with van der Waals surface area (Å²) in [5.41, 5.74) is -1.59. The summed E-state index contributed by atoms with van der Waals surface area (Å²) in [7, 11) is -0.936. The van der Waals surface area contributed by atoms with Crippen LogP contribution in [0.25, 0.3) is 0 Å². The van der Waals surface area contributed by atoms with Crippen molar-refractivity contribution in [1.82, 2.24) is 5.32 Å². The first-order chi connectivity index (χ1) is 13.7. The maximum absolute atomic E-state index is 12.9. The van der Waals surface area contributed by atoms with Gasteiger partial charge >= 0.3 is 5.97 Å². The minimum absolute atomic E-state index is 0.129. The molecule has 0 fully saturated rings. The second kappa shape index (κ2) is 9.50. The van der Waals surface area contributed by atoms with Crippen molar-refractivity contribution in [2.24, 2.45) is 0 Å². The molecule has 0 aliphatic heterocycles. The van der Waals surface area contributed by atoms with Crippen molar-refractivity contribution in [1.29, 1.82) is 0 Å². The Bertz CT molecular complexity index is 994. The third-order valence-corrected chi connectivity index (χ3v) is 5.12. The van der Waals surface area contributed by atoms with Crippen LogP contribution < -0.4 is 5.32 Å². The number of nitrogens with one attached hydrogen (secondary N) is 1. The minimum atomic E-state index is -2.02. The van der Waals surface area contributed by atoms with Gasteiger partial charge in [-0.1, -0.05) is 30.3 Å². The number of hydrogen-bond donors (Lipinski definition) is 1. The zero-order chi connectivity index (χ0) is 21.6. The summed E-state index contributed by atoms with van der Waals surface area (Å²) in [4.78, 5) is 44.1. The molecule has 0 unspecified atom stereocenters. The molecule has 1 amide bonds. The number of nitro groups is 2. The molecule has 1 atom stereocenters. The highest BCUT2D eigenvalue weighted by Crippen LogP contribution is 2.31. The van der Waals surface area contributed by atoms with Crippen LogP contribution in [0.4, 0.5) is 11.4 Å². The van der Waals surface area contributed by atoms with Gasteiger partial charge in [-0.2, -0.15) is 0 Å². The molecule has 11 nitrogen and oxygen atoms in total. The lowest BCUT2D eigenvalue weighted by atomic mass is 10.1. The highest BCUT2D eigenvalue weighted by Gasteiger charge is 2.31. The molecule has 0 aliphatic rings. The van der Waals surface area contributed by atoms with E-state index in [-0.39, 0.29) is 10.6 Å². The van der Waals surface area contributed by atoms with E-state index in [1.165, 1.54) is 0 Å². The fraction of sp³-hybridized carbons (Fsp3) is 0.176. The van der Waals surface area contributed by atoms with E-state index in [2.05, 4.69) is 10.1 Å². The van der Waals surface area contributed by atoms with E-state index in [1.807, 2.05) is 0 Å². The minimum Gasteiger partial charge on any atom is -0.468 e. The van der Waals surface area contributed by atoms with E-state index >= 15 is 0 Å². The van der Waals surface area contributed by atoms with E-state index in [9.17, 15) is 34.0 Å². The summed E-state index contributed by atoms with van der Waals surface area (Å²) in [5.74, 6) is -2.01. The van der Waals surface area contributed by atoms with Crippen LogP contribution >= 0.6 is 0 Å². The molecule has 2 aromatic rings. The van der Waals surface area contributed by atoms with E-state index in [0.29, 0.717) is 11.6 Å². The average Bonchev–Trinajstić information content (AvgIpc) is 2.71. The highest BCUT2D eigenvalue weighted by atomic mass is 32.2. The predicted molar refractivity (Wildman–Crippen MR) is 101 cm³/mol. The SMILES string of the molecule is COC(=O)CNC(=O)c1c([N+](=O)[O-])cc([N+](=O)[O-])cc1[S@@](=O)Cc1ccccc1. The van der Waals surface area contributed by atoms with E-state index in [1.54, 1.807) is 30.3 Å². The summed E-state index contributed by atoms with van der Waals surface area (Å²) in [6, 6.07) is 9.88. The standard InChI is InChI=1S/C17H15N3O8S/c1-28-15(21)9-18-17(22)16-13(20(25)26)7-12(19(23)24)8-14(16)29(27)10-11-5-3-2-4-6-11/h2-8H,9-10H2,1H3,(H,18,22)/t29-/m0/s1. The van der Waals surface area contributed by atoms with Crippen LogP contribution in [0, 0.1) is 20.2 Å². The van der Waals surface area contributed by atoms with Gasteiger partial charge in [0.1, 0.15) is 12.1 Å². The summed E-state index contributed by atoms with van der Waals surface area (Å²) < 4.78 is 17.3. The molecule has 0 radical (unpaired) electrons. The molecule has 0 bridgehead atoms. The van der Waals surface area contributed by atoms with Crippen LogP contribution in [0.1, 0.15) is 15.9 Å². The molecule has 0 saturated carbocycles. The average molecular weight is 421 g/mol. The molecular weight excluding hydrogens is 406 g/mol. The number of carbonyl (C=O) groups is 2. The second-order valence-corrected chi connectivity index (χ2v) is 7.01. The molecule has 0 aliphatic carbocycles. The highest BCUT2D eigenvalue weighted by molar-refractivity contribution is 7.84. The number of methoxy groups -OCH3 is 1. The summed E-state index contributed by atoms with van der Waals surface area (Å²) in [5, 5.41) is 24.7. The Morgan fingerprint density at radius 1 is 1.10 bits per heavy atom.